The number of nitrogens with zero attached hydrogens (tertiary/aromatic N) is 1. The molecule has 0 fully saturated rings. The van der Waals surface area contributed by atoms with Crippen molar-refractivity contribution in [2.45, 2.75) is 63.7 Å². The molecule has 2 aromatic carbocycles. The lowest BCUT2D eigenvalue weighted by atomic mass is 10.0. The van der Waals surface area contributed by atoms with Crippen LogP contribution in [0.2, 0.25) is 0 Å². The first kappa shape index (κ1) is 31.8. The van der Waals surface area contributed by atoms with E-state index in [4.69, 9.17) is 5.73 Å². The number of aromatic amines is 1. The number of imidazole rings is 1. The van der Waals surface area contributed by atoms with Crippen LogP contribution in [0.4, 0.5) is 0 Å². The Morgan fingerprint density at radius 2 is 1.36 bits per heavy atom. The van der Waals surface area contributed by atoms with Gasteiger partial charge >= 0.3 is 5.97 Å². The molecular formula is C30H38N6O6. The molecule has 0 aliphatic carbocycles. The largest absolute Gasteiger partial charge is 0.508 e. The molecule has 1 aromatic heterocycles. The molecule has 8 N–H and O–H groups in total. The molecule has 12 heteroatoms. The second-order valence-corrected chi connectivity index (χ2v) is 10.6. The molecule has 12 nitrogen and oxygen atoms in total. The molecule has 0 bridgehead atoms. The third kappa shape index (κ3) is 10.0. The van der Waals surface area contributed by atoms with Gasteiger partial charge in [-0.05, 0) is 35.6 Å². The minimum atomic E-state index is -1.31. The maximum Gasteiger partial charge on any atom is 0.326 e. The Bertz CT molecular complexity index is 1310. The summed E-state index contributed by atoms with van der Waals surface area (Å²) < 4.78 is 0. The molecular weight excluding hydrogens is 540 g/mol. The van der Waals surface area contributed by atoms with Crippen molar-refractivity contribution in [1.82, 2.24) is 25.9 Å². The van der Waals surface area contributed by atoms with Crippen molar-refractivity contribution in [3.05, 3.63) is 83.9 Å². The van der Waals surface area contributed by atoms with Gasteiger partial charge in [0.05, 0.1) is 12.4 Å². The molecule has 1 heterocycles. The Morgan fingerprint density at radius 1 is 0.810 bits per heavy atom. The summed E-state index contributed by atoms with van der Waals surface area (Å²) in [5.41, 5.74) is 7.96. The van der Waals surface area contributed by atoms with E-state index in [0.29, 0.717) is 17.7 Å². The van der Waals surface area contributed by atoms with Gasteiger partial charge in [-0.1, -0.05) is 56.3 Å². The van der Waals surface area contributed by atoms with Crippen LogP contribution in [0, 0.1) is 5.92 Å². The second-order valence-electron chi connectivity index (χ2n) is 10.6. The number of amides is 3. The maximum atomic E-state index is 13.6. The van der Waals surface area contributed by atoms with Crippen molar-refractivity contribution < 1.29 is 29.4 Å². The predicted octanol–water partition coefficient (Wildman–Crippen LogP) is 1.06. The third-order valence-electron chi connectivity index (χ3n) is 6.58. The highest BCUT2D eigenvalue weighted by atomic mass is 16.4. The molecule has 0 aliphatic rings. The first-order valence-electron chi connectivity index (χ1n) is 13.7. The lowest BCUT2D eigenvalue weighted by Gasteiger charge is -2.25. The van der Waals surface area contributed by atoms with Crippen molar-refractivity contribution in [3.63, 3.8) is 0 Å². The summed E-state index contributed by atoms with van der Waals surface area (Å²) >= 11 is 0. The SMILES string of the molecule is CC(C)CC(N)C(=O)NC(Cc1ccccc1)C(=O)NC(Cc1cnc[nH]1)C(=O)NC(Cc1ccc(O)cc1)C(=O)O. The van der Waals surface area contributed by atoms with Gasteiger partial charge in [-0.25, -0.2) is 9.78 Å². The van der Waals surface area contributed by atoms with E-state index in [1.165, 1.54) is 24.7 Å². The van der Waals surface area contributed by atoms with Crippen molar-refractivity contribution in [2.24, 2.45) is 11.7 Å². The number of H-pyrrole nitrogens is 1. The first-order chi connectivity index (χ1) is 20.0. The van der Waals surface area contributed by atoms with Crippen molar-refractivity contribution in [3.8, 4) is 5.75 Å². The summed E-state index contributed by atoms with van der Waals surface area (Å²) in [5, 5.41) is 27.2. The fourth-order valence-corrected chi connectivity index (χ4v) is 4.39. The number of carboxylic acids is 1. The smallest absolute Gasteiger partial charge is 0.326 e. The van der Waals surface area contributed by atoms with Crippen LogP contribution in [0.3, 0.4) is 0 Å². The summed E-state index contributed by atoms with van der Waals surface area (Å²) in [6.07, 6.45) is 3.42. The standard InChI is InChI=1S/C30H38N6O6/c1-18(2)12-23(31)27(38)34-24(13-19-6-4-3-5-7-19)28(39)35-25(15-21-16-32-17-33-21)29(40)36-26(30(41)42)14-20-8-10-22(37)11-9-20/h3-11,16-18,23-26,37H,12-15,31H2,1-2H3,(H,32,33)(H,34,38)(H,35,39)(H,36,40)(H,41,42). The molecule has 3 rings (SSSR count). The summed E-state index contributed by atoms with van der Waals surface area (Å²) in [6, 6.07) is 10.7. The Hall–Kier alpha value is -4.71. The maximum absolute atomic E-state index is 13.6. The fourth-order valence-electron chi connectivity index (χ4n) is 4.39. The Balaban J connectivity index is 1.81. The van der Waals surface area contributed by atoms with Gasteiger partial charge in [0.25, 0.3) is 0 Å². The zero-order valence-corrected chi connectivity index (χ0v) is 23.6. The second kappa shape index (κ2) is 15.3. The van der Waals surface area contributed by atoms with E-state index >= 15 is 0 Å². The Labute approximate surface area is 244 Å². The first-order valence-corrected chi connectivity index (χ1v) is 13.7. The summed E-state index contributed by atoms with van der Waals surface area (Å²) in [6.45, 7) is 3.87. The molecule has 4 atom stereocenters. The number of hydrogen-bond donors (Lipinski definition) is 7. The van der Waals surface area contributed by atoms with Crippen molar-refractivity contribution >= 4 is 23.7 Å². The number of carboxylic acid groups (broad SMARTS) is 1. The Morgan fingerprint density at radius 3 is 1.93 bits per heavy atom. The molecule has 0 aliphatic heterocycles. The van der Waals surface area contributed by atoms with Crippen LogP contribution in [0.5, 0.6) is 5.75 Å². The van der Waals surface area contributed by atoms with Crippen molar-refractivity contribution in [1.29, 1.82) is 0 Å². The number of nitrogens with one attached hydrogen (secondary N) is 4. The molecule has 0 spiro atoms. The highest BCUT2D eigenvalue weighted by Gasteiger charge is 2.31. The number of aromatic nitrogens is 2. The molecule has 4 unspecified atom stereocenters. The number of aliphatic carboxylic acids is 1. The normalized spacial score (nSPS) is 13.9. The van der Waals surface area contributed by atoms with Gasteiger partial charge in [-0.3, -0.25) is 14.4 Å². The van der Waals surface area contributed by atoms with Crippen LogP contribution >= 0.6 is 0 Å². The van der Waals surface area contributed by atoms with Crippen molar-refractivity contribution in [2.75, 3.05) is 0 Å². The number of carbonyl (C=O) groups excluding carboxylic acids is 3. The van der Waals surface area contributed by atoms with E-state index < -0.39 is 47.9 Å². The monoisotopic (exact) mass is 578 g/mol. The topological polar surface area (TPSA) is 200 Å². The zero-order valence-electron chi connectivity index (χ0n) is 23.6. The van der Waals surface area contributed by atoms with E-state index in [1.807, 2.05) is 44.2 Å². The molecule has 224 valence electrons. The van der Waals surface area contributed by atoms with Crippen LogP contribution in [0.15, 0.2) is 67.1 Å². The average Bonchev–Trinajstić information content (AvgIpc) is 3.46. The van der Waals surface area contributed by atoms with E-state index in [0.717, 1.165) is 5.56 Å². The third-order valence-corrected chi connectivity index (χ3v) is 6.58. The van der Waals surface area contributed by atoms with Crippen LogP contribution in [0.25, 0.3) is 0 Å². The minimum absolute atomic E-state index is 0.0119. The lowest BCUT2D eigenvalue weighted by molar-refractivity contribution is -0.142. The summed E-state index contributed by atoms with van der Waals surface area (Å²) in [7, 11) is 0. The highest BCUT2D eigenvalue weighted by Crippen LogP contribution is 2.12. The van der Waals surface area contributed by atoms with E-state index in [1.54, 1.807) is 12.1 Å². The van der Waals surface area contributed by atoms with Crippen LogP contribution < -0.4 is 21.7 Å². The molecule has 0 saturated carbocycles. The number of phenolic OH excluding ortho intramolecular Hbond substituents is 1. The van der Waals surface area contributed by atoms with Gasteiger partial charge in [0.15, 0.2) is 0 Å². The Kier molecular flexibility index (Phi) is 11.6. The number of hydrogen-bond acceptors (Lipinski definition) is 7. The van der Waals surface area contributed by atoms with Gasteiger partial charge in [-0.2, -0.15) is 0 Å². The fraction of sp³-hybridized carbons (Fsp3) is 0.367. The summed E-state index contributed by atoms with van der Waals surface area (Å²) in [5.74, 6) is -2.93. The molecule has 0 radical (unpaired) electrons. The average molecular weight is 579 g/mol. The van der Waals surface area contributed by atoms with Gasteiger partial charge in [0.1, 0.15) is 23.9 Å². The number of benzene rings is 2. The molecule has 42 heavy (non-hydrogen) atoms. The van der Waals surface area contributed by atoms with E-state index in [2.05, 4.69) is 25.9 Å². The number of carbonyl (C=O) groups is 4. The molecule has 3 aromatic rings. The van der Waals surface area contributed by atoms with Gasteiger partial charge in [0.2, 0.25) is 17.7 Å². The summed E-state index contributed by atoms with van der Waals surface area (Å²) in [4.78, 5) is 58.8. The quantitative estimate of drug-likeness (QED) is 0.139. The van der Waals surface area contributed by atoms with Gasteiger partial charge in [-0.15, -0.1) is 0 Å². The van der Waals surface area contributed by atoms with Crippen LogP contribution in [0.1, 0.15) is 37.1 Å². The van der Waals surface area contributed by atoms with E-state index in [9.17, 15) is 29.4 Å². The number of nitrogens with two attached hydrogens (primary N) is 1. The molecule has 0 saturated heterocycles. The lowest BCUT2D eigenvalue weighted by Crippen LogP contribution is -2.58. The predicted molar refractivity (Wildman–Crippen MR) is 155 cm³/mol. The van der Waals surface area contributed by atoms with Crippen LogP contribution in [-0.4, -0.2) is 68.0 Å². The van der Waals surface area contributed by atoms with Gasteiger partial charge in [0, 0.05) is 31.2 Å². The number of rotatable bonds is 15. The van der Waals surface area contributed by atoms with E-state index in [-0.39, 0.29) is 30.9 Å². The van der Waals surface area contributed by atoms with Gasteiger partial charge < -0.3 is 36.9 Å². The zero-order chi connectivity index (χ0) is 30.6. The highest BCUT2D eigenvalue weighted by molar-refractivity contribution is 5.94. The van der Waals surface area contributed by atoms with Crippen LogP contribution in [-0.2, 0) is 38.4 Å². The number of phenols is 1. The minimum Gasteiger partial charge on any atom is -0.508 e. The molecule has 3 amide bonds. The number of aromatic hydroxyl groups is 1.